The summed E-state index contributed by atoms with van der Waals surface area (Å²) in [5, 5.41) is 0.174. The SMILES string of the molecule is COc1ccc(Cl)cc1C(Cl)C1CCS(=O)(=O)C1. The number of methoxy groups -OCH3 is 1. The minimum Gasteiger partial charge on any atom is -0.496 e. The van der Waals surface area contributed by atoms with E-state index in [0.717, 1.165) is 5.56 Å². The lowest BCUT2D eigenvalue weighted by atomic mass is 9.97. The molecule has 0 bridgehead atoms. The van der Waals surface area contributed by atoms with Gasteiger partial charge in [-0.2, -0.15) is 0 Å². The Kier molecular flexibility index (Phi) is 4.09. The second-order valence-electron chi connectivity index (χ2n) is 4.45. The maximum absolute atomic E-state index is 11.5. The Labute approximate surface area is 117 Å². The molecule has 100 valence electrons. The number of ether oxygens (including phenoxy) is 1. The van der Waals surface area contributed by atoms with Gasteiger partial charge in [0.25, 0.3) is 0 Å². The van der Waals surface area contributed by atoms with Crippen molar-refractivity contribution in [3.8, 4) is 5.75 Å². The fraction of sp³-hybridized carbons (Fsp3) is 0.500. The molecule has 1 heterocycles. The highest BCUT2D eigenvalue weighted by molar-refractivity contribution is 7.91. The summed E-state index contributed by atoms with van der Waals surface area (Å²) in [5.41, 5.74) is 0.758. The van der Waals surface area contributed by atoms with Crippen LogP contribution in [0.4, 0.5) is 0 Å². The molecule has 0 spiro atoms. The zero-order valence-electron chi connectivity index (χ0n) is 9.90. The van der Waals surface area contributed by atoms with Crippen LogP contribution in [-0.2, 0) is 9.84 Å². The normalized spacial score (nSPS) is 23.8. The van der Waals surface area contributed by atoms with E-state index in [1.807, 2.05) is 0 Å². The van der Waals surface area contributed by atoms with Gasteiger partial charge in [-0.15, -0.1) is 11.6 Å². The van der Waals surface area contributed by atoms with Gasteiger partial charge in [0.1, 0.15) is 5.75 Å². The zero-order valence-corrected chi connectivity index (χ0v) is 12.2. The van der Waals surface area contributed by atoms with Crippen molar-refractivity contribution in [2.75, 3.05) is 18.6 Å². The van der Waals surface area contributed by atoms with E-state index in [2.05, 4.69) is 0 Å². The molecular formula is C12H14Cl2O3S. The smallest absolute Gasteiger partial charge is 0.150 e. The van der Waals surface area contributed by atoms with Crippen LogP contribution < -0.4 is 4.74 Å². The van der Waals surface area contributed by atoms with E-state index in [0.29, 0.717) is 17.2 Å². The summed E-state index contributed by atoms with van der Waals surface area (Å²) in [6, 6.07) is 5.21. The Morgan fingerprint density at radius 3 is 2.72 bits per heavy atom. The molecule has 1 saturated heterocycles. The second kappa shape index (κ2) is 5.27. The highest BCUT2D eigenvalue weighted by Crippen LogP contribution is 2.41. The molecule has 1 aliphatic rings. The molecule has 2 atom stereocenters. The first-order chi connectivity index (χ1) is 8.43. The summed E-state index contributed by atoms with van der Waals surface area (Å²) in [6.45, 7) is 0. The fourth-order valence-corrected chi connectivity index (χ4v) is 4.74. The molecule has 1 aliphatic heterocycles. The molecule has 2 rings (SSSR count). The van der Waals surface area contributed by atoms with E-state index in [1.54, 1.807) is 25.3 Å². The van der Waals surface area contributed by atoms with Crippen LogP contribution in [0.1, 0.15) is 17.4 Å². The molecule has 18 heavy (non-hydrogen) atoms. The number of hydrogen-bond donors (Lipinski definition) is 0. The lowest BCUT2D eigenvalue weighted by molar-refractivity contribution is 0.404. The maximum atomic E-state index is 11.5. The van der Waals surface area contributed by atoms with Crippen molar-refractivity contribution < 1.29 is 13.2 Å². The van der Waals surface area contributed by atoms with Crippen molar-refractivity contribution in [1.29, 1.82) is 0 Å². The number of halogens is 2. The molecule has 1 fully saturated rings. The van der Waals surface area contributed by atoms with Gasteiger partial charge in [-0.3, -0.25) is 0 Å². The van der Waals surface area contributed by atoms with E-state index < -0.39 is 15.2 Å². The van der Waals surface area contributed by atoms with E-state index in [4.69, 9.17) is 27.9 Å². The van der Waals surface area contributed by atoms with Crippen LogP contribution in [0, 0.1) is 5.92 Å². The molecule has 0 amide bonds. The molecular weight excluding hydrogens is 295 g/mol. The highest BCUT2D eigenvalue weighted by Gasteiger charge is 2.34. The first kappa shape index (κ1) is 14.0. The molecule has 0 saturated carbocycles. The minimum absolute atomic E-state index is 0.0796. The van der Waals surface area contributed by atoms with Gasteiger partial charge >= 0.3 is 0 Å². The lowest BCUT2D eigenvalue weighted by Crippen LogP contribution is -2.11. The van der Waals surface area contributed by atoms with Gasteiger partial charge in [0.15, 0.2) is 9.84 Å². The van der Waals surface area contributed by atoms with E-state index in [9.17, 15) is 8.42 Å². The molecule has 2 unspecified atom stereocenters. The van der Waals surface area contributed by atoms with Crippen molar-refractivity contribution in [1.82, 2.24) is 0 Å². The van der Waals surface area contributed by atoms with Crippen LogP contribution in [0.15, 0.2) is 18.2 Å². The summed E-state index contributed by atoms with van der Waals surface area (Å²) < 4.78 is 28.2. The average molecular weight is 309 g/mol. The Bertz CT molecular complexity index is 542. The van der Waals surface area contributed by atoms with Crippen LogP contribution in [0.5, 0.6) is 5.75 Å². The molecule has 0 aliphatic carbocycles. The van der Waals surface area contributed by atoms with Crippen LogP contribution in [-0.4, -0.2) is 27.0 Å². The van der Waals surface area contributed by atoms with Crippen molar-refractivity contribution in [3.63, 3.8) is 0 Å². The quantitative estimate of drug-likeness (QED) is 0.806. The van der Waals surface area contributed by atoms with Crippen LogP contribution >= 0.6 is 23.2 Å². The van der Waals surface area contributed by atoms with Crippen molar-refractivity contribution in [3.05, 3.63) is 28.8 Å². The van der Waals surface area contributed by atoms with Crippen LogP contribution in [0.25, 0.3) is 0 Å². The molecule has 6 heteroatoms. The fourth-order valence-electron chi connectivity index (χ4n) is 2.23. The summed E-state index contributed by atoms with van der Waals surface area (Å²) >= 11 is 12.3. The predicted molar refractivity (Wildman–Crippen MR) is 73.4 cm³/mol. The molecule has 1 aromatic carbocycles. The van der Waals surface area contributed by atoms with Gasteiger partial charge in [0.2, 0.25) is 0 Å². The summed E-state index contributed by atoms with van der Waals surface area (Å²) in [4.78, 5) is 0. The standard InChI is InChI=1S/C12H14Cl2O3S/c1-17-11-3-2-9(13)6-10(11)12(14)8-4-5-18(15,16)7-8/h2-3,6,8,12H,4-5,7H2,1H3. The third-order valence-corrected chi connectivity index (χ3v) is 5.79. The van der Waals surface area contributed by atoms with Crippen LogP contribution in [0.2, 0.25) is 5.02 Å². The number of alkyl halides is 1. The Morgan fingerprint density at radius 1 is 1.44 bits per heavy atom. The van der Waals surface area contributed by atoms with Crippen molar-refractivity contribution in [2.45, 2.75) is 11.8 Å². The zero-order chi connectivity index (χ0) is 13.3. The number of benzene rings is 1. The van der Waals surface area contributed by atoms with Gasteiger partial charge in [-0.1, -0.05) is 11.6 Å². The Hall–Kier alpha value is -0.450. The lowest BCUT2D eigenvalue weighted by Gasteiger charge is -2.19. The van der Waals surface area contributed by atoms with Gasteiger partial charge < -0.3 is 4.74 Å². The largest absolute Gasteiger partial charge is 0.496 e. The molecule has 0 N–H and O–H groups in total. The molecule has 1 aromatic rings. The summed E-state index contributed by atoms with van der Waals surface area (Å²) in [7, 11) is -1.38. The van der Waals surface area contributed by atoms with Gasteiger partial charge in [0.05, 0.1) is 24.0 Å². The third-order valence-electron chi connectivity index (χ3n) is 3.17. The first-order valence-corrected chi connectivity index (χ1v) is 8.24. The summed E-state index contributed by atoms with van der Waals surface area (Å²) in [6.07, 6.45) is 0.589. The topological polar surface area (TPSA) is 43.4 Å². The number of sulfone groups is 1. The average Bonchev–Trinajstić information content (AvgIpc) is 2.68. The van der Waals surface area contributed by atoms with E-state index in [1.165, 1.54) is 0 Å². The predicted octanol–water partition coefficient (Wildman–Crippen LogP) is 3.06. The van der Waals surface area contributed by atoms with Gasteiger partial charge in [-0.25, -0.2) is 8.42 Å². The van der Waals surface area contributed by atoms with Gasteiger partial charge in [-0.05, 0) is 30.5 Å². The van der Waals surface area contributed by atoms with E-state index in [-0.39, 0.29) is 17.4 Å². The number of rotatable bonds is 3. The molecule has 0 radical (unpaired) electrons. The molecule has 0 aromatic heterocycles. The van der Waals surface area contributed by atoms with Crippen LogP contribution in [0.3, 0.4) is 0 Å². The number of hydrogen-bond acceptors (Lipinski definition) is 3. The van der Waals surface area contributed by atoms with E-state index >= 15 is 0 Å². The Morgan fingerprint density at radius 2 is 2.17 bits per heavy atom. The maximum Gasteiger partial charge on any atom is 0.150 e. The monoisotopic (exact) mass is 308 g/mol. The third kappa shape index (κ3) is 2.92. The first-order valence-electron chi connectivity index (χ1n) is 5.61. The minimum atomic E-state index is -2.94. The molecule has 3 nitrogen and oxygen atoms in total. The summed E-state index contributed by atoms with van der Waals surface area (Å²) in [5.74, 6) is 0.911. The highest BCUT2D eigenvalue weighted by atomic mass is 35.5. The van der Waals surface area contributed by atoms with Gasteiger partial charge in [0, 0.05) is 10.6 Å². The van der Waals surface area contributed by atoms with Crippen molar-refractivity contribution >= 4 is 33.0 Å². The Balaban J connectivity index is 2.28. The second-order valence-corrected chi connectivity index (χ2v) is 7.59. The van der Waals surface area contributed by atoms with Crippen molar-refractivity contribution in [2.24, 2.45) is 5.92 Å².